The number of nitrogens with two attached hydrogens (primary N) is 1. The molecule has 0 atom stereocenters. The van der Waals surface area contributed by atoms with Gasteiger partial charge in [-0.05, 0) is 359 Å². The number of phenols is 1. The molecule has 0 saturated heterocycles. The highest BCUT2D eigenvalue weighted by molar-refractivity contribution is 14.1. The highest BCUT2D eigenvalue weighted by Crippen LogP contribution is 2.42. The SMILES string of the molecule is Brc1ccc2cc(N(c3ccccc3)c3ccccc3)ccc2c1.Brc1ccc2cc(Nc3ccccc3)ccc2c1.C(=C\c1ccc2cc(N(c3ccccc3)c3ccccc3)ccc2c1)/c1ccc2cc(N(c3ccccc3)c3ccccc3)ccc2c1.Ic1ccccc1.Nc1ccccc1.O=Cc1ccc2cc(N(c3ccccc3)c3ccccc3)ccc2c1.Oc1ccc2cc(Br)ccc2c1. The Kier molecular flexibility index (Phi) is 33.3. The third kappa shape index (κ3) is 26.6. The van der Waals surface area contributed by atoms with Crippen LogP contribution in [0, 0.1) is 3.57 Å². The molecular weight excluding hydrogens is 2030 g/mol. The number of aromatic hydroxyl groups is 1. The zero-order chi connectivity index (χ0) is 96.7. The molecule has 23 aromatic rings. The zero-order valence-corrected chi connectivity index (χ0v) is 83.9. The first kappa shape index (κ1) is 96.5. The summed E-state index contributed by atoms with van der Waals surface area (Å²) >= 11 is 12.7. The summed E-state index contributed by atoms with van der Waals surface area (Å²) in [6.07, 6.45) is 5.29. The molecule has 0 radical (unpaired) electrons. The molecule has 0 saturated carbocycles. The number of carbonyl (C=O) groups is 1. The summed E-state index contributed by atoms with van der Waals surface area (Å²) in [5.41, 5.74) is 25.0. The molecule has 0 aromatic heterocycles. The van der Waals surface area contributed by atoms with E-state index in [1.165, 1.54) is 57.8 Å². The first-order valence-corrected chi connectivity index (χ1v) is 49.7. The van der Waals surface area contributed by atoms with Crippen molar-refractivity contribution in [3.05, 3.63) is 586 Å². The van der Waals surface area contributed by atoms with Gasteiger partial charge in [0.05, 0.1) is 0 Å². The highest BCUT2D eigenvalue weighted by Gasteiger charge is 2.18. The molecule has 0 aliphatic carbocycles. The zero-order valence-electron chi connectivity index (χ0n) is 77.0. The fraction of sp³-hybridized carbons (Fsp3) is 0. The van der Waals surface area contributed by atoms with E-state index in [-0.39, 0.29) is 0 Å². The van der Waals surface area contributed by atoms with Crippen LogP contribution < -0.4 is 30.7 Å². The van der Waals surface area contributed by atoms with Crippen molar-refractivity contribution < 1.29 is 9.90 Å². The fourth-order valence-corrected chi connectivity index (χ4v) is 18.0. The van der Waals surface area contributed by atoms with E-state index in [1.807, 2.05) is 158 Å². The number of benzene rings is 23. The maximum absolute atomic E-state index is 11.0. The van der Waals surface area contributed by atoms with E-state index in [4.69, 9.17) is 5.73 Å². The molecule has 4 N–H and O–H groups in total. The second-order valence-corrected chi connectivity index (χ2v) is 37.1. The highest BCUT2D eigenvalue weighted by atomic mass is 127. The van der Waals surface area contributed by atoms with E-state index >= 15 is 0 Å². The quantitative estimate of drug-likeness (QED) is 0.0360. The third-order valence-electron chi connectivity index (χ3n) is 23.3. The van der Waals surface area contributed by atoms with Crippen molar-refractivity contribution in [1.29, 1.82) is 0 Å². The molecule has 0 fully saturated rings. The average Bonchev–Trinajstić information content (AvgIpc) is 0.796. The predicted molar refractivity (Wildman–Crippen MR) is 621 cm³/mol. The van der Waals surface area contributed by atoms with Gasteiger partial charge in [0.1, 0.15) is 12.0 Å². The summed E-state index contributed by atoms with van der Waals surface area (Å²) in [6, 6.07) is 189. The van der Waals surface area contributed by atoms with Crippen molar-refractivity contribution in [2.45, 2.75) is 0 Å². The second-order valence-electron chi connectivity index (χ2n) is 33.1. The molecule has 8 nitrogen and oxygen atoms in total. The number of carbonyl (C=O) groups excluding carboxylic acids is 1. The summed E-state index contributed by atoms with van der Waals surface area (Å²) in [5, 5.41) is 26.7. The van der Waals surface area contributed by atoms with Crippen molar-refractivity contribution in [2.24, 2.45) is 0 Å². The molecule has 0 amide bonds. The molecule has 23 rings (SSSR count). The minimum Gasteiger partial charge on any atom is -0.508 e. The summed E-state index contributed by atoms with van der Waals surface area (Å²) in [7, 11) is 0. The number of nitrogens with one attached hydrogen (secondary N) is 1. The van der Waals surface area contributed by atoms with Gasteiger partial charge in [0.15, 0.2) is 0 Å². The largest absolute Gasteiger partial charge is 0.508 e. The lowest BCUT2D eigenvalue weighted by Crippen LogP contribution is -2.09. The molecule has 23 aromatic carbocycles. The minimum atomic E-state index is 0.310. The number of nitrogens with zero attached hydrogens (tertiary/aromatic N) is 4. The molecule has 684 valence electrons. The van der Waals surface area contributed by atoms with Crippen molar-refractivity contribution in [3.63, 3.8) is 0 Å². The molecule has 0 heterocycles. The number of phenolic OH excluding ortho intramolecular Hbond substituents is 1. The van der Waals surface area contributed by atoms with Gasteiger partial charge in [0, 0.05) is 108 Å². The molecule has 12 heteroatoms. The number of nitrogen functional groups attached to an aromatic ring is 1. The lowest BCUT2D eigenvalue weighted by Gasteiger charge is -2.25. The lowest BCUT2D eigenvalue weighted by atomic mass is 10.0. The molecule has 0 spiro atoms. The van der Waals surface area contributed by atoms with Crippen LogP contribution in [0.3, 0.4) is 0 Å². The van der Waals surface area contributed by atoms with Crippen LogP contribution in [-0.4, -0.2) is 11.4 Å². The smallest absolute Gasteiger partial charge is 0.150 e. The number of halogens is 4. The topological polar surface area (TPSA) is 88.3 Å². The van der Waals surface area contributed by atoms with Crippen LogP contribution in [0.5, 0.6) is 5.75 Å². The van der Waals surface area contributed by atoms with E-state index in [0.29, 0.717) is 11.3 Å². The summed E-state index contributed by atoms with van der Waals surface area (Å²) < 4.78 is 4.56. The number of hydrogen-bond acceptors (Lipinski definition) is 8. The van der Waals surface area contributed by atoms with E-state index in [2.05, 4.69) is 490 Å². The van der Waals surface area contributed by atoms with Crippen LogP contribution in [0.25, 0.3) is 76.8 Å². The van der Waals surface area contributed by atoms with Crippen molar-refractivity contribution in [3.8, 4) is 5.75 Å². The van der Waals surface area contributed by atoms with Crippen LogP contribution in [0.4, 0.5) is 85.3 Å². The number of hydrogen-bond donors (Lipinski definition) is 3. The maximum Gasteiger partial charge on any atom is 0.150 e. The first-order valence-electron chi connectivity index (χ1n) is 46.3. The average molecular weight is 2130 g/mol. The van der Waals surface area contributed by atoms with Gasteiger partial charge < -0.3 is 35.8 Å². The molecule has 0 bridgehead atoms. The predicted octanol–water partition coefficient (Wildman–Crippen LogP) is 38.5. The first-order chi connectivity index (χ1) is 69.3. The van der Waals surface area contributed by atoms with Crippen LogP contribution >= 0.6 is 70.4 Å². The molecular formula is C129H98Br3IN6O2. The van der Waals surface area contributed by atoms with Gasteiger partial charge in [0.2, 0.25) is 0 Å². The number of para-hydroxylation sites is 10. The van der Waals surface area contributed by atoms with Gasteiger partial charge in [-0.1, -0.05) is 351 Å². The Morgan fingerprint density at radius 1 is 0.213 bits per heavy atom. The molecule has 0 aliphatic heterocycles. The lowest BCUT2D eigenvalue weighted by molar-refractivity contribution is 0.112. The molecule has 0 unspecified atom stereocenters. The standard InChI is InChI=1S/C46H34N2.C23H17NO.C22H16BrN.C16H12BrN.C10H7BrO.C6H5I.C6H7N/c1-5-13-41(14-6-1)47(42-15-7-2-8-16-42)45-29-27-37-31-35(23-25-39(37)33-45)21-22-36-24-26-40-34-46(30-28-38(40)32-36)48(43-17-9-3-10-18-43)44-19-11-4-12-20-44;25-17-18-11-12-20-16-23(14-13-19(20)15-18)24(21-7-3-1-4-8-21)22-9-5-2-6-10-22;23-19-13-11-18-16-22(14-12-17(18)15-19)24(20-7-3-1-4-8-20)21-9-5-2-6-10-21;17-14-8-6-13-11-16(9-7-12(13)10-14)18-15-4-2-1-3-5-15;11-9-3-1-8-6-10(12)4-2-7(8)5-9;2*7-6-4-2-1-3-5-6/h1-34H;1-17H;1-16H;1-11,18H;1-6,12H;1-5H;1-5H,7H2/b22-21+;;;;;;. The molecule has 0 aliphatic rings. The fourth-order valence-electron chi connectivity index (χ4n) is 16.4. The van der Waals surface area contributed by atoms with Crippen molar-refractivity contribution in [1.82, 2.24) is 0 Å². The Morgan fingerprint density at radius 2 is 0.440 bits per heavy atom. The maximum atomic E-state index is 11.0. The van der Waals surface area contributed by atoms with E-state index < -0.39 is 0 Å². The van der Waals surface area contributed by atoms with Crippen LogP contribution in [-0.2, 0) is 0 Å². The van der Waals surface area contributed by atoms with E-state index in [1.54, 1.807) is 12.1 Å². The normalized spacial score (nSPS) is 10.6. The van der Waals surface area contributed by atoms with Crippen molar-refractivity contribution in [2.75, 3.05) is 30.7 Å². The Hall–Kier alpha value is -16.2. The summed E-state index contributed by atoms with van der Waals surface area (Å²) in [6.45, 7) is 0. The number of aldehydes is 1. The van der Waals surface area contributed by atoms with E-state index in [0.717, 1.165) is 127 Å². The van der Waals surface area contributed by atoms with Gasteiger partial charge in [-0.3, -0.25) is 4.79 Å². The Morgan fingerprint density at radius 3 is 0.723 bits per heavy atom. The Bertz CT molecular complexity index is 7640. The monoisotopic (exact) mass is 2130 g/mol. The van der Waals surface area contributed by atoms with Gasteiger partial charge in [-0.2, -0.15) is 0 Å². The number of rotatable bonds is 17. The van der Waals surface area contributed by atoms with Crippen molar-refractivity contribution >= 4 is 239 Å². The number of anilines is 15. The Balaban J connectivity index is 0.000000125. The van der Waals surface area contributed by atoms with E-state index in [9.17, 15) is 9.90 Å². The molecule has 141 heavy (non-hydrogen) atoms. The summed E-state index contributed by atoms with van der Waals surface area (Å²) in [4.78, 5) is 20.1. The second kappa shape index (κ2) is 48.7. The van der Waals surface area contributed by atoms with Gasteiger partial charge >= 0.3 is 0 Å². The minimum absolute atomic E-state index is 0.310. The van der Waals surface area contributed by atoms with Crippen LogP contribution in [0.15, 0.2) is 565 Å². The third-order valence-corrected chi connectivity index (χ3v) is 25.5. The van der Waals surface area contributed by atoms with Crippen LogP contribution in [0.1, 0.15) is 21.5 Å². The summed E-state index contributed by atoms with van der Waals surface area (Å²) in [5.74, 6) is 0.310. The van der Waals surface area contributed by atoms with Crippen LogP contribution in [0.2, 0.25) is 0 Å². The van der Waals surface area contributed by atoms with Gasteiger partial charge in [-0.25, -0.2) is 0 Å². The van der Waals surface area contributed by atoms with Gasteiger partial charge in [-0.15, -0.1) is 0 Å². The Labute approximate surface area is 863 Å². The van der Waals surface area contributed by atoms with Gasteiger partial charge in [0.25, 0.3) is 0 Å². The number of fused-ring (bicyclic) bond motifs is 6.